The van der Waals surface area contributed by atoms with Crippen molar-refractivity contribution in [2.24, 2.45) is 0 Å². The molecule has 0 saturated heterocycles. The van der Waals surface area contributed by atoms with E-state index < -0.39 is 0 Å². The van der Waals surface area contributed by atoms with Crippen LogP contribution in [0, 0.1) is 0 Å². The summed E-state index contributed by atoms with van der Waals surface area (Å²) in [5, 5.41) is 9.61. The van der Waals surface area contributed by atoms with Gasteiger partial charge in [-0.1, -0.05) is 0 Å². The van der Waals surface area contributed by atoms with Gasteiger partial charge < -0.3 is 20.7 Å². The molecular weight excluding hydrogens is 334 g/mol. The van der Waals surface area contributed by atoms with E-state index in [-0.39, 0.29) is 11.9 Å². The molecule has 0 radical (unpaired) electrons. The van der Waals surface area contributed by atoms with Gasteiger partial charge in [-0.3, -0.25) is 4.79 Å². The molecule has 0 spiro atoms. The number of hydrogen-bond donors (Lipinski definition) is 3. The number of thiocarbonyl (C=S) groups is 1. The summed E-state index contributed by atoms with van der Waals surface area (Å²) in [5.41, 5.74) is 2.12. The molecule has 1 amide bonds. The number of benzene rings is 2. The van der Waals surface area contributed by atoms with Gasteiger partial charge >= 0.3 is 0 Å². The second kappa shape index (κ2) is 9.03. The fraction of sp³-hybridized carbons (Fsp3) is 0.263. The van der Waals surface area contributed by atoms with Crippen molar-refractivity contribution in [3.8, 4) is 5.75 Å². The molecule has 0 aromatic heterocycles. The highest BCUT2D eigenvalue weighted by Gasteiger charge is 2.07. The Kier molecular flexibility index (Phi) is 6.77. The van der Waals surface area contributed by atoms with E-state index in [2.05, 4.69) is 16.0 Å². The first-order chi connectivity index (χ1) is 12.0. The minimum Gasteiger partial charge on any atom is -0.494 e. The van der Waals surface area contributed by atoms with E-state index in [0.717, 1.165) is 17.1 Å². The third-order valence-corrected chi connectivity index (χ3v) is 3.47. The van der Waals surface area contributed by atoms with Gasteiger partial charge in [-0.2, -0.15) is 0 Å². The fourth-order valence-electron chi connectivity index (χ4n) is 2.14. The molecule has 25 heavy (non-hydrogen) atoms. The van der Waals surface area contributed by atoms with E-state index >= 15 is 0 Å². The lowest BCUT2D eigenvalue weighted by molar-refractivity contribution is 0.102. The number of nitrogens with one attached hydrogen (secondary N) is 3. The average molecular weight is 357 g/mol. The number of rotatable bonds is 6. The van der Waals surface area contributed by atoms with E-state index in [0.29, 0.717) is 17.3 Å². The monoisotopic (exact) mass is 357 g/mol. The molecule has 2 rings (SSSR count). The van der Waals surface area contributed by atoms with Crippen LogP contribution in [0.1, 0.15) is 31.1 Å². The molecule has 6 heteroatoms. The predicted octanol–water partition coefficient (Wildman–Crippen LogP) is 4.03. The van der Waals surface area contributed by atoms with Crippen molar-refractivity contribution < 1.29 is 9.53 Å². The Morgan fingerprint density at radius 1 is 1.00 bits per heavy atom. The predicted molar refractivity (Wildman–Crippen MR) is 106 cm³/mol. The van der Waals surface area contributed by atoms with Crippen molar-refractivity contribution in [1.29, 1.82) is 0 Å². The SMILES string of the molecule is CCOc1ccc(NC(=O)c2ccc(NC(=S)NC(C)C)cc2)cc1. The molecule has 0 atom stereocenters. The number of carbonyl (C=O) groups is 1. The van der Waals surface area contributed by atoms with Crippen molar-refractivity contribution in [3.05, 3.63) is 54.1 Å². The van der Waals surface area contributed by atoms with Crippen LogP contribution in [0.25, 0.3) is 0 Å². The maximum atomic E-state index is 12.3. The lowest BCUT2D eigenvalue weighted by atomic mass is 10.2. The molecule has 5 nitrogen and oxygen atoms in total. The van der Waals surface area contributed by atoms with Crippen molar-refractivity contribution in [2.75, 3.05) is 17.2 Å². The Hall–Kier alpha value is -2.60. The molecule has 0 saturated carbocycles. The van der Waals surface area contributed by atoms with Crippen molar-refractivity contribution in [2.45, 2.75) is 26.8 Å². The van der Waals surface area contributed by atoms with Gasteiger partial charge in [-0.15, -0.1) is 0 Å². The highest BCUT2D eigenvalue weighted by molar-refractivity contribution is 7.80. The second-order valence-electron chi connectivity index (χ2n) is 5.74. The summed E-state index contributed by atoms with van der Waals surface area (Å²) in [7, 11) is 0. The maximum absolute atomic E-state index is 12.3. The maximum Gasteiger partial charge on any atom is 0.255 e. The Bertz CT molecular complexity index is 712. The lowest BCUT2D eigenvalue weighted by Crippen LogP contribution is -2.33. The lowest BCUT2D eigenvalue weighted by Gasteiger charge is -2.13. The van der Waals surface area contributed by atoms with E-state index in [4.69, 9.17) is 17.0 Å². The summed E-state index contributed by atoms with van der Waals surface area (Å²) in [4.78, 5) is 12.3. The Labute approximate surface area is 153 Å². The van der Waals surface area contributed by atoms with Crippen LogP contribution in [-0.2, 0) is 0 Å². The highest BCUT2D eigenvalue weighted by Crippen LogP contribution is 2.17. The van der Waals surface area contributed by atoms with Gasteiger partial charge in [0.25, 0.3) is 5.91 Å². The minimum atomic E-state index is -0.168. The van der Waals surface area contributed by atoms with Crippen LogP contribution in [0.4, 0.5) is 11.4 Å². The Morgan fingerprint density at radius 3 is 2.12 bits per heavy atom. The van der Waals surface area contributed by atoms with Gasteiger partial charge in [0.1, 0.15) is 5.75 Å². The van der Waals surface area contributed by atoms with Crippen LogP contribution in [0.2, 0.25) is 0 Å². The summed E-state index contributed by atoms with van der Waals surface area (Å²) in [5.74, 6) is 0.612. The largest absolute Gasteiger partial charge is 0.494 e. The van der Waals surface area contributed by atoms with E-state index in [1.54, 1.807) is 12.1 Å². The summed E-state index contributed by atoms with van der Waals surface area (Å²) in [6.45, 7) is 6.58. The zero-order chi connectivity index (χ0) is 18.2. The van der Waals surface area contributed by atoms with Gasteiger partial charge in [0.2, 0.25) is 0 Å². The van der Waals surface area contributed by atoms with Crippen LogP contribution in [0.5, 0.6) is 5.75 Å². The van der Waals surface area contributed by atoms with Crippen molar-refractivity contribution in [3.63, 3.8) is 0 Å². The first kappa shape index (κ1) is 18.7. The normalized spacial score (nSPS) is 10.2. The number of anilines is 2. The molecule has 0 fully saturated rings. The van der Waals surface area contributed by atoms with Crippen molar-refractivity contribution >= 4 is 34.6 Å². The van der Waals surface area contributed by atoms with E-state index in [9.17, 15) is 4.79 Å². The topological polar surface area (TPSA) is 62.4 Å². The molecule has 2 aromatic carbocycles. The molecule has 132 valence electrons. The quantitative estimate of drug-likeness (QED) is 0.681. The Morgan fingerprint density at radius 2 is 1.56 bits per heavy atom. The smallest absolute Gasteiger partial charge is 0.255 e. The highest BCUT2D eigenvalue weighted by atomic mass is 32.1. The summed E-state index contributed by atoms with van der Waals surface area (Å²) < 4.78 is 5.38. The molecule has 2 aromatic rings. The van der Waals surface area contributed by atoms with Gasteiger partial charge in [0, 0.05) is 23.0 Å². The summed E-state index contributed by atoms with van der Waals surface area (Å²) >= 11 is 5.20. The number of carbonyl (C=O) groups excluding carboxylic acids is 1. The molecular formula is C19H23N3O2S. The Balaban J connectivity index is 1.94. The van der Waals surface area contributed by atoms with Gasteiger partial charge in [0.15, 0.2) is 5.11 Å². The third-order valence-electron chi connectivity index (χ3n) is 3.25. The number of hydrogen-bond acceptors (Lipinski definition) is 3. The van der Waals surface area contributed by atoms with Gasteiger partial charge in [0.05, 0.1) is 6.61 Å². The van der Waals surface area contributed by atoms with E-state index in [1.807, 2.05) is 57.2 Å². The first-order valence-corrected chi connectivity index (χ1v) is 8.60. The first-order valence-electron chi connectivity index (χ1n) is 8.19. The third kappa shape index (κ3) is 6.08. The molecule has 0 heterocycles. The minimum absolute atomic E-state index is 0.168. The summed E-state index contributed by atoms with van der Waals surface area (Å²) in [6, 6.07) is 14.7. The zero-order valence-corrected chi connectivity index (χ0v) is 15.4. The average Bonchev–Trinajstić information content (AvgIpc) is 2.56. The zero-order valence-electron chi connectivity index (χ0n) is 14.6. The second-order valence-corrected chi connectivity index (χ2v) is 6.15. The fourth-order valence-corrected chi connectivity index (χ4v) is 2.49. The van der Waals surface area contributed by atoms with E-state index in [1.165, 1.54) is 0 Å². The van der Waals surface area contributed by atoms with Crippen LogP contribution >= 0.6 is 12.2 Å². The molecule has 0 aliphatic rings. The van der Waals surface area contributed by atoms with Crippen LogP contribution in [-0.4, -0.2) is 23.7 Å². The van der Waals surface area contributed by atoms with Gasteiger partial charge in [-0.25, -0.2) is 0 Å². The summed E-state index contributed by atoms with van der Waals surface area (Å²) in [6.07, 6.45) is 0. The van der Waals surface area contributed by atoms with Crippen LogP contribution in [0.15, 0.2) is 48.5 Å². The molecule has 0 unspecified atom stereocenters. The molecule has 3 N–H and O–H groups in total. The molecule has 0 bridgehead atoms. The standard InChI is InChI=1S/C19H23N3O2S/c1-4-24-17-11-9-15(10-12-17)21-18(23)14-5-7-16(8-6-14)22-19(25)20-13(2)3/h5-13H,4H2,1-3H3,(H,21,23)(H2,20,22,25). The van der Waals surface area contributed by atoms with Crippen LogP contribution < -0.4 is 20.7 Å². The van der Waals surface area contributed by atoms with Crippen LogP contribution in [0.3, 0.4) is 0 Å². The number of amides is 1. The number of ether oxygens (including phenoxy) is 1. The molecule has 0 aliphatic carbocycles. The van der Waals surface area contributed by atoms with Crippen molar-refractivity contribution in [1.82, 2.24) is 5.32 Å². The molecule has 0 aliphatic heterocycles. The van der Waals surface area contributed by atoms with Gasteiger partial charge in [-0.05, 0) is 81.5 Å².